The summed E-state index contributed by atoms with van der Waals surface area (Å²) in [6.45, 7) is 0. The fraction of sp³-hybridized carbons (Fsp3) is 1.00. The predicted molar refractivity (Wildman–Crippen MR) is 115 cm³/mol. The number of hydrogen-bond donors (Lipinski definition) is 0. The van der Waals surface area contributed by atoms with Gasteiger partial charge in [-0.1, -0.05) is 0 Å². The van der Waals surface area contributed by atoms with E-state index in [1.807, 2.05) is 0 Å². The van der Waals surface area contributed by atoms with Gasteiger partial charge in [-0.3, -0.25) is 18.9 Å². The molecule has 0 aliphatic rings. The Bertz CT molecular complexity index is 1700. The SMILES string of the molecule is O=S(=O)([O-])C(F)(F)C(F)(F)OC(F)(C(F)(F)F)C(F)(F)OC(F)(C(F)F)C(F)(F)C(F)F.O=S(=O)([O-])C(F)(F)C(F)(F)OC(F)(C(F)(F)F)C(F)(F)OC(F)(C(F)F)C(F)(F)C(F)F.[Na+].[Na+]. The molecule has 0 fully saturated rings. The monoisotopic (exact) mass is 1140 g/mol. The molecule has 4 unspecified atom stereocenters. The first-order valence-corrected chi connectivity index (χ1v) is 15.7. The van der Waals surface area contributed by atoms with Crippen LogP contribution in [0.25, 0.3) is 0 Å². The Kier molecular flexibility index (Phi) is 22.6. The first-order valence-electron chi connectivity index (χ1n) is 12.9. The summed E-state index contributed by atoms with van der Waals surface area (Å²) in [5.74, 6) is -45.5. The van der Waals surface area contributed by atoms with E-state index in [0.717, 1.165) is 0 Å². The van der Waals surface area contributed by atoms with Gasteiger partial charge in [0.15, 0.2) is 20.2 Å². The second-order valence-electron chi connectivity index (χ2n) is 10.3. The molecule has 0 heterocycles. The van der Waals surface area contributed by atoms with Crippen molar-refractivity contribution in [3.05, 3.63) is 0 Å². The van der Waals surface area contributed by atoms with E-state index in [4.69, 9.17) is 0 Å². The van der Waals surface area contributed by atoms with Crippen molar-refractivity contribution in [1.29, 1.82) is 0 Å². The molecule has 0 spiro atoms. The zero-order chi connectivity index (χ0) is 53.1. The molecular weight excluding hydrogens is 1130 g/mol. The third-order valence-corrected chi connectivity index (χ3v) is 7.62. The number of rotatable bonds is 20. The van der Waals surface area contributed by atoms with Crippen molar-refractivity contribution in [2.75, 3.05) is 0 Å². The summed E-state index contributed by atoms with van der Waals surface area (Å²) in [5.41, 5.74) is 0. The smallest absolute Gasteiger partial charge is 0.743 e. The summed E-state index contributed by atoms with van der Waals surface area (Å²) in [7, 11) is -15.8. The van der Waals surface area contributed by atoms with Crippen LogP contribution in [0.1, 0.15) is 0 Å². The molecule has 0 aromatic carbocycles. The quantitative estimate of drug-likeness (QED) is 0.101. The summed E-state index contributed by atoms with van der Waals surface area (Å²) in [6.07, 6.45) is -71.6. The average molecular weight is 1140 g/mol. The Morgan fingerprint density at radius 3 is 0.621 bits per heavy atom. The van der Waals surface area contributed by atoms with Gasteiger partial charge in [0.25, 0.3) is 0 Å². The van der Waals surface area contributed by atoms with E-state index in [0.29, 0.717) is 0 Å². The number of halogens is 34. The molecule has 66 heavy (non-hydrogen) atoms. The summed E-state index contributed by atoms with van der Waals surface area (Å²) in [5, 5.41) is -15.1. The van der Waals surface area contributed by atoms with Gasteiger partial charge in [0.2, 0.25) is 0 Å². The van der Waals surface area contributed by atoms with Crippen molar-refractivity contribution in [2.45, 2.75) is 108 Å². The Balaban J connectivity index is -0.000000565. The van der Waals surface area contributed by atoms with Crippen LogP contribution in [0.3, 0.4) is 0 Å². The molecule has 0 saturated carbocycles. The summed E-state index contributed by atoms with van der Waals surface area (Å²) < 4.78 is 501. The van der Waals surface area contributed by atoms with E-state index >= 15 is 0 Å². The fourth-order valence-corrected chi connectivity index (χ4v) is 3.31. The molecule has 0 saturated heterocycles. The van der Waals surface area contributed by atoms with Crippen molar-refractivity contribution >= 4 is 20.2 Å². The van der Waals surface area contributed by atoms with Crippen LogP contribution >= 0.6 is 0 Å². The van der Waals surface area contributed by atoms with Crippen LogP contribution in [0.5, 0.6) is 0 Å². The van der Waals surface area contributed by atoms with E-state index < -0.39 is 128 Å². The topological polar surface area (TPSA) is 151 Å². The molecule has 388 valence electrons. The standard InChI is InChI=1S/2C9H3F17O5S.2Na/c2*10-1(11)3(14,15)4(16,2(12)13)30-7(21,22)5(17,6(18,19)20)31-8(23,24)9(25,26)32(27,28)29;;/h2*1-2H,(H,27,28,29);;/q;;2*+1/p-2. The summed E-state index contributed by atoms with van der Waals surface area (Å²) in [4.78, 5) is 0. The van der Waals surface area contributed by atoms with Crippen LogP contribution in [0.15, 0.2) is 0 Å². The van der Waals surface area contributed by atoms with Gasteiger partial charge in [0.1, 0.15) is 0 Å². The van der Waals surface area contributed by atoms with E-state index in [9.17, 15) is 175 Å². The minimum Gasteiger partial charge on any atom is -0.743 e. The van der Waals surface area contributed by atoms with Gasteiger partial charge in [-0.2, -0.15) is 114 Å². The minimum atomic E-state index is -8.15. The molecule has 0 rings (SSSR count). The fourth-order valence-electron chi connectivity index (χ4n) is 2.65. The second kappa shape index (κ2) is 20.8. The van der Waals surface area contributed by atoms with Crippen molar-refractivity contribution < 1.29 is 253 Å². The van der Waals surface area contributed by atoms with Crippen LogP contribution < -0.4 is 59.1 Å². The van der Waals surface area contributed by atoms with Crippen LogP contribution in [-0.2, 0) is 39.2 Å². The zero-order valence-corrected chi connectivity index (χ0v) is 34.7. The third kappa shape index (κ3) is 13.0. The van der Waals surface area contributed by atoms with Gasteiger partial charge < -0.3 is 9.11 Å². The van der Waals surface area contributed by atoms with Gasteiger partial charge >= 0.3 is 167 Å². The Labute approximate surface area is 380 Å². The van der Waals surface area contributed by atoms with Crippen LogP contribution in [0.4, 0.5) is 149 Å². The molecule has 0 N–H and O–H groups in total. The molecule has 10 nitrogen and oxygen atoms in total. The molecule has 0 aliphatic heterocycles. The van der Waals surface area contributed by atoms with E-state index in [2.05, 4.69) is 0 Å². The maximum Gasteiger partial charge on any atom is 1.00 e. The van der Waals surface area contributed by atoms with Crippen LogP contribution in [-0.4, -0.2) is 134 Å². The molecule has 0 aromatic heterocycles. The van der Waals surface area contributed by atoms with E-state index in [1.165, 1.54) is 18.9 Å². The number of alkyl halides is 34. The molecule has 0 radical (unpaired) electrons. The molecule has 48 heteroatoms. The average Bonchev–Trinajstić information content (AvgIpc) is 3.01. The van der Waals surface area contributed by atoms with Gasteiger partial charge in [-0.15, -0.1) is 0 Å². The Hall–Kier alpha value is -0.720. The van der Waals surface area contributed by atoms with E-state index in [1.54, 1.807) is 0 Å². The Morgan fingerprint density at radius 1 is 0.318 bits per heavy atom. The maximum absolute atomic E-state index is 13.7. The normalized spacial score (nSPS) is 18.7. The van der Waals surface area contributed by atoms with E-state index in [-0.39, 0.29) is 59.1 Å². The molecule has 0 bridgehead atoms. The van der Waals surface area contributed by atoms with Crippen LogP contribution in [0.2, 0.25) is 0 Å². The van der Waals surface area contributed by atoms with Crippen molar-refractivity contribution in [1.82, 2.24) is 0 Å². The molecular formula is C18H4F34Na2O10S2. The summed E-state index contributed by atoms with van der Waals surface area (Å²) >= 11 is 0. The Morgan fingerprint density at radius 2 is 0.500 bits per heavy atom. The van der Waals surface area contributed by atoms with Crippen LogP contribution in [0, 0.1) is 0 Å². The zero-order valence-electron chi connectivity index (χ0n) is 29.1. The largest absolute Gasteiger partial charge is 1.00 e. The summed E-state index contributed by atoms with van der Waals surface area (Å²) in [6, 6.07) is 0. The number of ether oxygens (including phenoxy) is 4. The first kappa shape index (κ1) is 71.8. The minimum absolute atomic E-state index is 0. The molecule has 0 aliphatic carbocycles. The van der Waals surface area contributed by atoms with Crippen molar-refractivity contribution in [3.63, 3.8) is 0 Å². The van der Waals surface area contributed by atoms with Gasteiger partial charge in [0.05, 0.1) is 0 Å². The van der Waals surface area contributed by atoms with Gasteiger partial charge in [-0.05, 0) is 0 Å². The maximum atomic E-state index is 13.7. The molecule has 4 atom stereocenters. The second-order valence-corrected chi connectivity index (χ2v) is 13.2. The third-order valence-electron chi connectivity index (χ3n) is 5.89. The predicted octanol–water partition coefficient (Wildman–Crippen LogP) is 2.81. The first-order chi connectivity index (χ1) is 27.1. The molecule has 0 amide bonds. The van der Waals surface area contributed by atoms with Gasteiger partial charge in [0, 0.05) is 0 Å². The van der Waals surface area contributed by atoms with Crippen molar-refractivity contribution in [3.8, 4) is 0 Å². The number of hydrogen-bond acceptors (Lipinski definition) is 10. The molecule has 0 aromatic rings. The van der Waals surface area contributed by atoms with Crippen molar-refractivity contribution in [2.24, 2.45) is 0 Å². The van der Waals surface area contributed by atoms with Gasteiger partial charge in [-0.25, -0.2) is 52.0 Å².